The number of ether oxygens (including phenoxy) is 1. The molecule has 0 aliphatic carbocycles. The lowest BCUT2D eigenvalue weighted by Crippen LogP contribution is -2.05. The number of aromatic nitrogens is 2. The quantitative estimate of drug-likeness (QED) is 0.769. The first-order valence-corrected chi connectivity index (χ1v) is 8.79. The number of sulfone groups is 1. The molecule has 2 rings (SSSR count). The molecule has 23 heavy (non-hydrogen) atoms. The number of terminal acetylenes is 1. The molecule has 0 amide bonds. The lowest BCUT2D eigenvalue weighted by molar-refractivity contribution is 0.370. The summed E-state index contributed by atoms with van der Waals surface area (Å²) in [5, 5.41) is 3.62. The SMILES string of the molecule is C#CCOc1cc(-c2nn(C)c(S(C)(=O)=O)c2Cl)c(F)cc1Cl. The number of aryl methyl sites for hydroxylation is 1. The van der Waals surface area contributed by atoms with Crippen molar-refractivity contribution in [3.05, 3.63) is 28.0 Å². The summed E-state index contributed by atoms with van der Waals surface area (Å²) in [5.41, 5.74) is -0.0776. The monoisotopic (exact) mass is 376 g/mol. The molecular formula is C14H11Cl2FN2O3S. The second-order valence-electron chi connectivity index (χ2n) is 4.62. The summed E-state index contributed by atoms with van der Waals surface area (Å²) in [6, 6.07) is 2.29. The predicted molar refractivity (Wildman–Crippen MR) is 86.1 cm³/mol. The number of benzene rings is 1. The Morgan fingerprint density at radius 3 is 2.61 bits per heavy atom. The van der Waals surface area contributed by atoms with E-state index in [0.717, 1.165) is 17.0 Å². The van der Waals surface area contributed by atoms with Gasteiger partial charge in [-0.2, -0.15) is 5.10 Å². The Morgan fingerprint density at radius 2 is 2.09 bits per heavy atom. The molecular weight excluding hydrogens is 366 g/mol. The molecule has 1 aromatic heterocycles. The number of rotatable bonds is 4. The normalized spacial score (nSPS) is 11.3. The van der Waals surface area contributed by atoms with Crippen LogP contribution in [0.2, 0.25) is 10.0 Å². The van der Waals surface area contributed by atoms with Gasteiger partial charge in [-0.15, -0.1) is 6.42 Å². The fraction of sp³-hybridized carbons (Fsp3) is 0.214. The van der Waals surface area contributed by atoms with Gasteiger partial charge >= 0.3 is 0 Å². The summed E-state index contributed by atoms with van der Waals surface area (Å²) in [5.74, 6) is 1.68. The third kappa shape index (κ3) is 3.44. The third-order valence-electron chi connectivity index (χ3n) is 2.88. The summed E-state index contributed by atoms with van der Waals surface area (Å²) < 4.78 is 44.0. The zero-order valence-electron chi connectivity index (χ0n) is 12.1. The summed E-state index contributed by atoms with van der Waals surface area (Å²) in [6.07, 6.45) is 6.09. The highest BCUT2D eigenvalue weighted by atomic mass is 35.5. The van der Waals surface area contributed by atoms with Crippen molar-refractivity contribution in [2.24, 2.45) is 7.05 Å². The molecule has 122 valence electrons. The van der Waals surface area contributed by atoms with Crippen LogP contribution in [0.5, 0.6) is 5.75 Å². The van der Waals surface area contributed by atoms with Crippen LogP contribution in [-0.4, -0.2) is 31.1 Å². The molecule has 0 saturated carbocycles. The molecule has 0 aliphatic rings. The largest absolute Gasteiger partial charge is 0.479 e. The molecule has 0 atom stereocenters. The van der Waals surface area contributed by atoms with E-state index in [1.165, 1.54) is 13.1 Å². The second-order valence-corrected chi connectivity index (χ2v) is 7.33. The van der Waals surface area contributed by atoms with Gasteiger partial charge in [-0.05, 0) is 12.1 Å². The Hall–Kier alpha value is -1.75. The maximum atomic E-state index is 14.2. The highest BCUT2D eigenvalue weighted by Gasteiger charge is 2.25. The van der Waals surface area contributed by atoms with E-state index in [2.05, 4.69) is 11.0 Å². The molecule has 1 aromatic carbocycles. The highest BCUT2D eigenvalue weighted by Crippen LogP contribution is 2.38. The Balaban J connectivity index is 2.66. The van der Waals surface area contributed by atoms with Crippen LogP contribution in [0.25, 0.3) is 11.3 Å². The number of hydrogen-bond acceptors (Lipinski definition) is 4. The minimum absolute atomic E-state index is 0.0249. The highest BCUT2D eigenvalue weighted by molar-refractivity contribution is 7.90. The second kappa shape index (κ2) is 6.40. The van der Waals surface area contributed by atoms with Gasteiger partial charge < -0.3 is 4.74 Å². The average Bonchev–Trinajstić information content (AvgIpc) is 2.72. The van der Waals surface area contributed by atoms with Crippen molar-refractivity contribution in [2.45, 2.75) is 5.03 Å². The van der Waals surface area contributed by atoms with Gasteiger partial charge in [-0.25, -0.2) is 12.8 Å². The molecule has 0 spiro atoms. The van der Waals surface area contributed by atoms with Crippen molar-refractivity contribution in [1.29, 1.82) is 0 Å². The standard InChI is InChI=1S/C14H11Cl2FN2O3S/c1-4-5-22-11-6-8(10(17)7-9(11)15)13-12(16)14(19(2)18-13)23(3,20)21/h1,6-7H,5H2,2-3H3. The van der Waals surface area contributed by atoms with Crippen molar-refractivity contribution >= 4 is 33.0 Å². The number of nitrogens with zero attached hydrogens (tertiary/aromatic N) is 2. The fourth-order valence-electron chi connectivity index (χ4n) is 2.00. The molecule has 1 heterocycles. The van der Waals surface area contributed by atoms with E-state index in [4.69, 9.17) is 34.4 Å². The van der Waals surface area contributed by atoms with Gasteiger partial charge in [0.2, 0.25) is 0 Å². The Morgan fingerprint density at radius 1 is 1.43 bits per heavy atom. The van der Waals surface area contributed by atoms with Gasteiger partial charge in [0.15, 0.2) is 14.9 Å². The van der Waals surface area contributed by atoms with E-state index in [0.29, 0.717) is 0 Å². The van der Waals surface area contributed by atoms with Gasteiger partial charge in [0, 0.05) is 18.9 Å². The van der Waals surface area contributed by atoms with Gasteiger partial charge in [0.05, 0.1) is 5.02 Å². The molecule has 0 saturated heterocycles. The summed E-state index contributed by atoms with van der Waals surface area (Å²) in [6.45, 7) is -0.0602. The van der Waals surface area contributed by atoms with Crippen molar-refractivity contribution in [3.63, 3.8) is 0 Å². The fourth-order valence-corrected chi connectivity index (χ4v) is 3.83. The van der Waals surface area contributed by atoms with E-state index >= 15 is 0 Å². The first-order valence-electron chi connectivity index (χ1n) is 6.15. The molecule has 0 radical (unpaired) electrons. The Bertz CT molecular complexity index is 917. The third-order valence-corrected chi connectivity index (χ3v) is 4.81. The van der Waals surface area contributed by atoms with Crippen molar-refractivity contribution in [2.75, 3.05) is 12.9 Å². The number of halogens is 3. The van der Waals surface area contributed by atoms with Crippen LogP contribution in [0.15, 0.2) is 17.2 Å². The maximum Gasteiger partial charge on any atom is 0.193 e. The van der Waals surface area contributed by atoms with Gasteiger partial charge in [-0.3, -0.25) is 4.68 Å². The van der Waals surface area contributed by atoms with E-state index in [1.54, 1.807) is 0 Å². The summed E-state index contributed by atoms with van der Waals surface area (Å²) in [4.78, 5) is 0. The predicted octanol–water partition coefficient (Wildman–Crippen LogP) is 2.95. The van der Waals surface area contributed by atoms with E-state index in [-0.39, 0.29) is 38.7 Å². The first-order chi connectivity index (χ1) is 10.7. The molecule has 0 fully saturated rings. The van der Waals surface area contributed by atoms with Gasteiger partial charge in [0.25, 0.3) is 0 Å². The van der Waals surface area contributed by atoms with E-state index < -0.39 is 15.7 Å². The molecule has 2 aromatic rings. The lowest BCUT2D eigenvalue weighted by Gasteiger charge is -2.08. The molecule has 5 nitrogen and oxygen atoms in total. The minimum atomic E-state index is -3.63. The molecule has 0 unspecified atom stereocenters. The smallest absolute Gasteiger partial charge is 0.193 e. The van der Waals surface area contributed by atoms with E-state index in [1.807, 2.05) is 0 Å². The minimum Gasteiger partial charge on any atom is -0.479 e. The summed E-state index contributed by atoms with van der Waals surface area (Å²) >= 11 is 12.0. The van der Waals surface area contributed by atoms with E-state index in [9.17, 15) is 12.8 Å². The van der Waals surface area contributed by atoms with Crippen molar-refractivity contribution < 1.29 is 17.5 Å². The van der Waals surface area contributed by atoms with Crippen LogP contribution >= 0.6 is 23.2 Å². The van der Waals surface area contributed by atoms with Crippen molar-refractivity contribution in [3.8, 4) is 29.4 Å². The van der Waals surface area contributed by atoms with Crippen LogP contribution in [-0.2, 0) is 16.9 Å². The lowest BCUT2D eigenvalue weighted by atomic mass is 10.1. The Labute approximate surface area is 142 Å². The molecule has 9 heteroatoms. The van der Waals surface area contributed by atoms with Crippen LogP contribution in [0.1, 0.15) is 0 Å². The van der Waals surface area contributed by atoms with Crippen LogP contribution in [0, 0.1) is 18.2 Å². The zero-order valence-corrected chi connectivity index (χ0v) is 14.4. The van der Waals surface area contributed by atoms with Crippen LogP contribution < -0.4 is 4.74 Å². The Kier molecular flexibility index (Phi) is 4.90. The maximum absolute atomic E-state index is 14.2. The summed E-state index contributed by atoms with van der Waals surface area (Å²) in [7, 11) is -2.24. The molecule has 0 aliphatic heterocycles. The topological polar surface area (TPSA) is 61.2 Å². The average molecular weight is 377 g/mol. The zero-order chi connectivity index (χ0) is 17.4. The first kappa shape index (κ1) is 17.6. The number of hydrogen-bond donors (Lipinski definition) is 0. The van der Waals surface area contributed by atoms with Gasteiger partial charge in [0.1, 0.15) is 28.9 Å². The van der Waals surface area contributed by atoms with Crippen molar-refractivity contribution in [1.82, 2.24) is 9.78 Å². The molecule has 0 bridgehead atoms. The molecule has 0 N–H and O–H groups in total. The van der Waals surface area contributed by atoms with Gasteiger partial charge in [-0.1, -0.05) is 29.1 Å². The van der Waals surface area contributed by atoms with Crippen LogP contribution in [0.3, 0.4) is 0 Å². The van der Waals surface area contributed by atoms with Crippen LogP contribution in [0.4, 0.5) is 4.39 Å².